The number of carbonyl (C=O) groups excluding carboxylic acids is 1. The van der Waals surface area contributed by atoms with Gasteiger partial charge in [0.2, 0.25) is 15.9 Å². The first-order valence-corrected chi connectivity index (χ1v) is 9.74. The second kappa shape index (κ2) is 7.93. The van der Waals surface area contributed by atoms with Crippen LogP contribution >= 0.6 is 0 Å². The number of piperidine rings is 1. The molecule has 5 nitrogen and oxygen atoms in total. The van der Waals surface area contributed by atoms with Gasteiger partial charge in [0.25, 0.3) is 0 Å². The Balaban J connectivity index is 2.05. The molecular weight excluding hydrogens is 312 g/mol. The molecule has 0 unspecified atom stereocenters. The first kappa shape index (κ1) is 17.9. The number of hydrogen-bond donors (Lipinski definition) is 1. The third-order valence-corrected chi connectivity index (χ3v) is 6.13. The summed E-state index contributed by atoms with van der Waals surface area (Å²) in [6.07, 6.45) is 3.41. The molecule has 0 aliphatic carbocycles. The van der Waals surface area contributed by atoms with E-state index in [4.69, 9.17) is 0 Å². The van der Waals surface area contributed by atoms with Gasteiger partial charge in [0, 0.05) is 19.1 Å². The summed E-state index contributed by atoms with van der Waals surface area (Å²) in [5.74, 6) is -0.291. The lowest BCUT2D eigenvalue weighted by atomic mass is 9.98. The maximum atomic E-state index is 12.7. The fourth-order valence-corrected chi connectivity index (χ4v) is 4.53. The maximum Gasteiger partial charge on any atom is 0.243 e. The SMILES string of the molecule is CCC[C@H](C)NC(=O)[C@H]1CCCN(S(=O)(=O)c2ccccc2)C1. The Hall–Kier alpha value is -1.40. The molecule has 6 heteroatoms. The minimum Gasteiger partial charge on any atom is -0.353 e. The lowest BCUT2D eigenvalue weighted by molar-refractivity contribution is -0.126. The number of benzene rings is 1. The molecule has 1 aliphatic heterocycles. The highest BCUT2D eigenvalue weighted by Crippen LogP contribution is 2.24. The molecule has 23 heavy (non-hydrogen) atoms. The van der Waals surface area contributed by atoms with E-state index in [9.17, 15) is 13.2 Å². The van der Waals surface area contributed by atoms with E-state index in [0.717, 1.165) is 19.3 Å². The molecule has 2 rings (SSSR count). The van der Waals surface area contributed by atoms with Gasteiger partial charge in [-0.2, -0.15) is 4.31 Å². The Bertz CT molecular complexity index is 616. The molecule has 1 aliphatic rings. The van der Waals surface area contributed by atoms with Crippen LogP contribution in [0.1, 0.15) is 39.5 Å². The summed E-state index contributed by atoms with van der Waals surface area (Å²) in [5.41, 5.74) is 0. The number of hydrogen-bond acceptors (Lipinski definition) is 3. The monoisotopic (exact) mass is 338 g/mol. The van der Waals surface area contributed by atoms with Crippen LogP contribution in [0.5, 0.6) is 0 Å². The van der Waals surface area contributed by atoms with E-state index in [-0.39, 0.29) is 24.4 Å². The van der Waals surface area contributed by atoms with Crippen LogP contribution in [0.4, 0.5) is 0 Å². The smallest absolute Gasteiger partial charge is 0.243 e. The highest BCUT2D eigenvalue weighted by atomic mass is 32.2. The zero-order chi connectivity index (χ0) is 16.9. The van der Waals surface area contributed by atoms with Gasteiger partial charge in [-0.3, -0.25) is 4.79 Å². The fraction of sp³-hybridized carbons (Fsp3) is 0.588. The number of sulfonamides is 1. The molecule has 1 amide bonds. The van der Waals surface area contributed by atoms with Crippen LogP contribution in [-0.4, -0.2) is 37.8 Å². The fourth-order valence-electron chi connectivity index (χ4n) is 2.98. The maximum absolute atomic E-state index is 12.7. The molecule has 1 saturated heterocycles. The normalized spacial score (nSPS) is 20.9. The summed E-state index contributed by atoms with van der Waals surface area (Å²) < 4.78 is 26.8. The van der Waals surface area contributed by atoms with E-state index in [2.05, 4.69) is 12.2 Å². The van der Waals surface area contributed by atoms with Crippen molar-refractivity contribution in [3.63, 3.8) is 0 Å². The highest BCUT2D eigenvalue weighted by molar-refractivity contribution is 7.89. The van der Waals surface area contributed by atoms with Crippen LogP contribution in [-0.2, 0) is 14.8 Å². The molecule has 1 N–H and O–H groups in total. The molecule has 0 bridgehead atoms. The Labute approximate surface area is 139 Å². The molecule has 1 aromatic carbocycles. The van der Waals surface area contributed by atoms with Crippen molar-refractivity contribution in [2.45, 2.75) is 50.5 Å². The Morgan fingerprint density at radius 3 is 2.70 bits per heavy atom. The van der Waals surface area contributed by atoms with Crippen molar-refractivity contribution >= 4 is 15.9 Å². The van der Waals surface area contributed by atoms with Crippen LogP contribution in [0.15, 0.2) is 35.2 Å². The molecule has 0 aromatic heterocycles. The average Bonchev–Trinajstić information content (AvgIpc) is 2.56. The molecule has 1 aromatic rings. The highest BCUT2D eigenvalue weighted by Gasteiger charge is 2.33. The third-order valence-electron chi connectivity index (χ3n) is 4.25. The van der Waals surface area contributed by atoms with E-state index in [1.807, 2.05) is 6.92 Å². The molecule has 1 heterocycles. The van der Waals surface area contributed by atoms with E-state index >= 15 is 0 Å². The molecule has 0 saturated carbocycles. The summed E-state index contributed by atoms with van der Waals surface area (Å²) in [5, 5.41) is 3.00. The number of carbonyl (C=O) groups is 1. The van der Waals surface area contributed by atoms with E-state index < -0.39 is 10.0 Å². The number of nitrogens with zero attached hydrogens (tertiary/aromatic N) is 1. The van der Waals surface area contributed by atoms with Crippen molar-refractivity contribution in [2.24, 2.45) is 5.92 Å². The topological polar surface area (TPSA) is 66.5 Å². The summed E-state index contributed by atoms with van der Waals surface area (Å²) in [4.78, 5) is 12.7. The van der Waals surface area contributed by atoms with Gasteiger partial charge >= 0.3 is 0 Å². The molecule has 128 valence electrons. The first-order valence-electron chi connectivity index (χ1n) is 8.30. The van der Waals surface area contributed by atoms with Crippen molar-refractivity contribution < 1.29 is 13.2 Å². The lowest BCUT2D eigenvalue weighted by Crippen LogP contribution is -2.47. The number of rotatable bonds is 6. The Morgan fingerprint density at radius 2 is 2.04 bits per heavy atom. The largest absolute Gasteiger partial charge is 0.353 e. The average molecular weight is 338 g/mol. The van der Waals surface area contributed by atoms with Crippen molar-refractivity contribution in [3.8, 4) is 0 Å². The molecule has 1 fully saturated rings. The number of nitrogens with one attached hydrogen (secondary N) is 1. The zero-order valence-corrected chi connectivity index (χ0v) is 14.7. The van der Waals surface area contributed by atoms with Crippen molar-refractivity contribution in [3.05, 3.63) is 30.3 Å². The van der Waals surface area contributed by atoms with Gasteiger partial charge < -0.3 is 5.32 Å². The van der Waals surface area contributed by atoms with E-state index in [1.54, 1.807) is 30.3 Å². The van der Waals surface area contributed by atoms with Crippen LogP contribution in [0.25, 0.3) is 0 Å². The van der Waals surface area contributed by atoms with Gasteiger partial charge in [0.15, 0.2) is 0 Å². The van der Waals surface area contributed by atoms with Gasteiger partial charge in [-0.25, -0.2) is 8.42 Å². The second-order valence-corrected chi connectivity index (χ2v) is 8.15. The van der Waals surface area contributed by atoms with Crippen LogP contribution < -0.4 is 5.32 Å². The van der Waals surface area contributed by atoms with Crippen molar-refractivity contribution in [1.82, 2.24) is 9.62 Å². The standard InChI is InChI=1S/C17H26N2O3S/c1-3-8-14(2)18-17(20)15-9-7-12-19(13-15)23(21,22)16-10-5-4-6-11-16/h4-6,10-11,14-15H,3,7-9,12-13H2,1-2H3,(H,18,20)/t14-,15-/m0/s1. The second-order valence-electron chi connectivity index (χ2n) is 6.21. The van der Waals surface area contributed by atoms with Crippen LogP contribution in [0.3, 0.4) is 0 Å². The first-order chi connectivity index (χ1) is 10.9. The quantitative estimate of drug-likeness (QED) is 0.866. The minimum atomic E-state index is -3.51. The predicted octanol–water partition coefficient (Wildman–Crippen LogP) is 2.39. The van der Waals surface area contributed by atoms with Crippen molar-refractivity contribution in [1.29, 1.82) is 0 Å². The van der Waals surface area contributed by atoms with Crippen LogP contribution in [0.2, 0.25) is 0 Å². The van der Waals surface area contributed by atoms with E-state index in [1.165, 1.54) is 4.31 Å². The lowest BCUT2D eigenvalue weighted by Gasteiger charge is -2.31. The van der Waals surface area contributed by atoms with Gasteiger partial charge in [0.05, 0.1) is 10.8 Å². The summed E-state index contributed by atoms with van der Waals surface area (Å²) in [6.45, 7) is 4.81. The molecule has 2 atom stereocenters. The summed E-state index contributed by atoms with van der Waals surface area (Å²) in [6, 6.07) is 8.56. The van der Waals surface area contributed by atoms with Gasteiger partial charge in [-0.15, -0.1) is 0 Å². The van der Waals surface area contributed by atoms with Crippen LogP contribution in [0, 0.1) is 5.92 Å². The molecule has 0 radical (unpaired) electrons. The number of amides is 1. The minimum absolute atomic E-state index is 0.0288. The Kier molecular flexibility index (Phi) is 6.18. The van der Waals surface area contributed by atoms with Gasteiger partial charge in [-0.05, 0) is 38.3 Å². The summed E-state index contributed by atoms with van der Waals surface area (Å²) >= 11 is 0. The molecule has 0 spiro atoms. The third kappa shape index (κ3) is 4.54. The Morgan fingerprint density at radius 1 is 1.35 bits per heavy atom. The summed E-state index contributed by atoms with van der Waals surface area (Å²) in [7, 11) is -3.51. The van der Waals surface area contributed by atoms with E-state index in [0.29, 0.717) is 17.9 Å². The predicted molar refractivity (Wildman–Crippen MR) is 90.4 cm³/mol. The van der Waals surface area contributed by atoms with Gasteiger partial charge in [-0.1, -0.05) is 31.5 Å². The zero-order valence-electron chi connectivity index (χ0n) is 13.9. The van der Waals surface area contributed by atoms with Gasteiger partial charge in [0.1, 0.15) is 0 Å². The molecular formula is C17H26N2O3S. The van der Waals surface area contributed by atoms with Crippen molar-refractivity contribution in [2.75, 3.05) is 13.1 Å².